The van der Waals surface area contributed by atoms with Gasteiger partial charge in [-0.15, -0.1) is 0 Å². The number of nitrogens with zero attached hydrogens (tertiary/aromatic N) is 3. The second-order valence-electron chi connectivity index (χ2n) is 4.88. The molecule has 0 fully saturated rings. The third-order valence-corrected chi connectivity index (χ3v) is 4.20. The monoisotopic (exact) mass is 340 g/mol. The van der Waals surface area contributed by atoms with Gasteiger partial charge in [0.15, 0.2) is 10.4 Å². The highest BCUT2D eigenvalue weighted by Gasteiger charge is 2.17. The number of hydrogen-bond acceptors (Lipinski definition) is 2. The summed E-state index contributed by atoms with van der Waals surface area (Å²) in [6, 6.07) is 5.37. The van der Waals surface area contributed by atoms with Crippen molar-refractivity contribution in [1.29, 1.82) is 0 Å². The maximum absolute atomic E-state index is 6.32. The van der Waals surface area contributed by atoms with Crippen molar-refractivity contribution in [3.8, 4) is 5.69 Å². The van der Waals surface area contributed by atoms with Crippen LogP contribution in [0.25, 0.3) is 16.9 Å². The third-order valence-electron chi connectivity index (χ3n) is 3.37. The fraction of sp³-hybridized carbons (Fsp3) is 0.286. The molecule has 0 saturated heterocycles. The largest absolute Gasteiger partial charge is 0.327 e. The van der Waals surface area contributed by atoms with Crippen molar-refractivity contribution < 1.29 is 0 Å². The van der Waals surface area contributed by atoms with Gasteiger partial charge in [0.25, 0.3) is 0 Å². The summed E-state index contributed by atoms with van der Waals surface area (Å²) in [5.74, 6) is 0. The Labute approximate surface area is 137 Å². The summed E-state index contributed by atoms with van der Waals surface area (Å²) in [4.78, 5) is 3.24. The Kier molecular flexibility index (Phi) is 3.82. The van der Waals surface area contributed by atoms with Crippen molar-refractivity contribution in [1.82, 2.24) is 19.3 Å². The van der Waals surface area contributed by atoms with Crippen LogP contribution in [0.5, 0.6) is 0 Å². The van der Waals surface area contributed by atoms with Crippen LogP contribution in [0, 0.1) is 4.77 Å². The molecule has 7 heteroatoms. The molecule has 0 bridgehead atoms. The van der Waals surface area contributed by atoms with Crippen molar-refractivity contribution in [2.24, 2.45) is 7.05 Å². The Hall–Kier alpha value is -1.30. The Morgan fingerprint density at radius 2 is 2.10 bits per heavy atom. The normalized spacial score (nSPS) is 11.4. The van der Waals surface area contributed by atoms with Gasteiger partial charge in [0.2, 0.25) is 0 Å². The highest BCUT2D eigenvalue weighted by atomic mass is 35.5. The quantitative estimate of drug-likeness (QED) is 0.703. The maximum atomic E-state index is 6.32. The second-order valence-corrected chi connectivity index (χ2v) is 6.11. The number of halogens is 2. The summed E-state index contributed by atoms with van der Waals surface area (Å²) >= 11 is 17.7. The van der Waals surface area contributed by atoms with Crippen LogP contribution in [0.2, 0.25) is 10.0 Å². The SMILES string of the molecule is CCCc1nn(C)c2c1[nH]c(=S)n2-c1ccc(Cl)cc1Cl. The van der Waals surface area contributed by atoms with Crippen molar-refractivity contribution >= 4 is 46.6 Å². The Bertz CT molecular complexity index is 875. The van der Waals surface area contributed by atoms with Gasteiger partial charge in [0, 0.05) is 12.1 Å². The zero-order chi connectivity index (χ0) is 15.1. The first kappa shape index (κ1) is 14.6. The lowest BCUT2D eigenvalue weighted by Gasteiger charge is -2.07. The molecule has 0 unspecified atom stereocenters. The second kappa shape index (κ2) is 5.48. The summed E-state index contributed by atoms with van der Waals surface area (Å²) in [6.45, 7) is 2.13. The molecule has 0 saturated carbocycles. The summed E-state index contributed by atoms with van der Waals surface area (Å²) in [5.41, 5.74) is 3.69. The molecular weight excluding hydrogens is 327 g/mol. The average Bonchev–Trinajstić information content (AvgIpc) is 2.89. The number of aromatic amines is 1. The van der Waals surface area contributed by atoms with Gasteiger partial charge >= 0.3 is 0 Å². The van der Waals surface area contributed by atoms with Gasteiger partial charge in [-0.05, 0) is 36.8 Å². The molecule has 21 heavy (non-hydrogen) atoms. The molecule has 110 valence electrons. The number of aryl methyl sites for hydroxylation is 2. The highest BCUT2D eigenvalue weighted by Crippen LogP contribution is 2.29. The van der Waals surface area contributed by atoms with Crippen LogP contribution < -0.4 is 0 Å². The van der Waals surface area contributed by atoms with E-state index >= 15 is 0 Å². The van der Waals surface area contributed by atoms with Crippen LogP contribution in [-0.4, -0.2) is 19.3 Å². The van der Waals surface area contributed by atoms with Gasteiger partial charge in [-0.25, -0.2) is 4.68 Å². The molecular formula is C14H14Cl2N4S. The van der Waals surface area contributed by atoms with Gasteiger partial charge in [-0.3, -0.25) is 4.57 Å². The van der Waals surface area contributed by atoms with Gasteiger partial charge in [-0.2, -0.15) is 5.10 Å². The molecule has 1 N–H and O–H groups in total. The predicted octanol–water partition coefficient (Wildman–Crippen LogP) is 4.68. The number of aromatic nitrogens is 4. The van der Waals surface area contributed by atoms with Gasteiger partial charge in [0.1, 0.15) is 5.52 Å². The standard InChI is InChI=1S/C14H14Cl2N4S/c1-3-4-10-12-13(19(2)18-10)20(14(21)17-12)11-6-5-8(15)7-9(11)16/h5-7H,3-4H2,1-2H3,(H,17,21). The Morgan fingerprint density at radius 3 is 2.76 bits per heavy atom. The van der Waals surface area contributed by atoms with E-state index in [9.17, 15) is 0 Å². The zero-order valence-corrected chi connectivity index (χ0v) is 14.0. The van der Waals surface area contributed by atoms with Crippen molar-refractivity contribution in [3.63, 3.8) is 0 Å². The molecule has 0 spiro atoms. The summed E-state index contributed by atoms with van der Waals surface area (Å²) < 4.78 is 4.33. The lowest BCUT2D eigenvalue weighted by atomic mass is 10.2. The lowest BCUT2D eigenvalue weighted by Crippen LogP contribution is -2.01. The molecule has 3 rings (SSSR count). The van der Waals surface area contributed by atoms with Crippen LogP contribution in [-0.2, 0) is 13.5 Å². The number of benzene rings is 1. The van der Waals surface area contributed by atoms with E-state index in [2.05, 4.69) is 17.0 Å². The summed E-state index contributed by atoms with van der Waals surface area (Å²) in [5, 5.41) is 5.71. The highest BCUT2D eigenvalue weighted by molar-refractivity contribution is 7.71. The first-order valence-corrected chi connectivity index (χ1v) is 7.81. The molecule has 0 aliphatic rings. The van der Waals surface area contributed by atoms with E-state index in [0.29, 0.717) is 14.8 Å². The molecule has 0 atom stereocenters. The third kappa shape index (κ3) is 2.39. The number of hydrogen-bond donors (Lipinski definition) is 1. The Balaban J connectivity index is 2.32. The van der Waals surface area contributed by atoms with Crippen molar-refractivity contribution in [2.75, 3.05) is 0 Å². The van der Waals surface area contributed by atoms with Crippen LogP contribution in [0.15, 0.2) is 18.2 Å². The molecule has 2 aromatic heterocycles. The van der Waals surface area contributed by atoms with Crippen LogP contribution in [0.4, 0.5) is 0 Å². The number of imidazole rings is 1. The lowest BCUT2D eigenvalue weighted by molar-refractivity contribution is 0.735. The zero-order valence-electron chi connectivity index (χ0n) is 11.7. The van der Waals surface area contributed by atoms with E-state index in [1.807, 2.05) is 22.4 Å². The van der Waals surface area contributed by atoms with E-state index in [4.69, 9.17) is 35.4 Å². The van der Waals surface area contributed by atoms with Crippen LogP contribution in [0.3, 0.4) is 0 Å². The predicted molar refractivity (Wildman–Crippen MR) is 89.2 cm³/mol. The van der Waals surface area contributed by atoms with Crippen LogP contribution in [0.1, 0.15) is 19.0 Å². The minimum absolute atomic E-state index is 0.553. The first-order valence-electron chi connectivity index (χ1n) is 6.65. The molecule has 0 aliphatic carbocycles. The molecule has 4 nitrogen and oxygen atoms in total. The first-order chi connectivity index (χ1) is 10.0. The molecule has 0 amide bonds. The van der Waals surface area contributed by atoms with Crippen LogP contribution >= 0.6 is 35.4 Å². The van der Waals surface area contributed by atoms with E-state index in [0.717, 1.165) is 35.4 Å². The smallest absolute Gasteiger partial charge is 0.184 e. The van der Waals surface area contributed by atoms with E-state index in [1.165, 1.54) is 0 Å². The van der Waals surface area contributed by atoms with Crippen molar-refractivity contribution in [3.05, 3.63) is 38.7 Å². The molecule has 2 heterocycles. The molecule has 3 aromatic rings. The Morgan fingerprint density at radius 1 is 1.33 bits per heavy atom. The fourth-order valence-corrected chi connectivity index (χ4v) is 3.29. The molecule has 1 aromatic carbocycles. The maximum Gasteiger partial charge on any atom is 0.184 e. The minimum Gasteiger partial charge on any atom is -0.327 e. The number of H-pyrrole nitrogens is 1. The summed E-state index contributed by atoms with van der Waals surface area (Å²) in [6.07, 6.45) is 1.93. The van der Waals surface area contributed by atoms with Gasteiger partial charge < -0.3 is 4.98 Å². The number of nitrogens with one attached hydrogen (secondary N) is 1. The van der Waals surface area contributed by atoms with E-state index < -0.39 is 0 Å². The van der Waals surface area contributed by atoms with E-state index in [1.54, 1.807) is 12.1 Å². The molecule has 0 aliphatic heterocycles. The van der Waals surface area contributed by atoms with Crippen molar-refractivity contribution in [2.45, 2.75) is 19.8 Å². The minimum atomic E-state index is 0.553. The van der Waals surface area contributed by atoms with Gasteiger partial charge in [-0.1, -0.05) is 36.5 Å². The number of fused-ring (bicyclic) bond motifs is 1. The van der Waals surface area contributed by atoms with Gasteiger partial charge in [0.05, 0.1) is 16.4 Å². The summed E-state index contributed by atoms with van der Waals surface area (Å²) in [7, 11) is 1.91. The fourth-order valence-electron chi connectivity index (χ4n) is 2.51. The topological polar surface area (TPSA) is 38.5 Å². The number of rotatable bonds is 3. The average molecular weight is 341 g/mol. The molecule has 0 radical (unpaired) electrons. The van der Waals surface area contributed by atoms with E-state index in [-0.39, 0.29) is 0 Å².